The number of nitrogen functional groups attached to an aromatic ring is 1. The fraction of sp³-hybridized carbons (Fsp3) is 0.0667. The number of ether oxygens (including phenoxy) is 1. The lowest BCUT2D eigenvalue weighted by molar-refractivity contribution is 0.415. The van der Waals surface area contributed by atoms with E-state index in [4.69, 9.17) is 10.5 Å². The molecule has 3 rings (SSSR count). The molecule has 0 unspecified atom stereocenters. The van der Waals surface area contributed by atoms with Crippen molar-refractivity contribution in [1.82, 2.24) is 9.97 Å². The number of para-hydroxylation sites is 2. The fourth-order valence-electron chi connectivity index (χ4n) is 1.98. The van der Waals surface area contributed by atoms with Gasteiger partial charge in [-0.2, -0.15) is 0 Å². The summed E-state index contributed by atoms with van der Waals surface area (Å²) in [5.74, 6) is 1.24. The molecule has 0 aliphatic carbocycles. The molecule has 1 aromatic heterocycles. The number of methoxy groups -OCH3 is 1. The molecule has 94 valence electrons. The molecule has 4 heteroatoms. The Morgan fingerprint density at radius 1 is 0.895 bits per heavy atom. The molecule has 3 aromatic rings. The van der Waals surface area contributed by atoms with Crippen molar-refractivity contribution in [2.45, 2.75) is 0 Å². The van der Waals surface area contributed by atoms with E-state index in [-0.39, 0.29) is 0 Å². The first-order valence-corrected chi connectivity index (χ1v) is 5.94. The summed E-state index contributed by atoms with van der Waals surface area (Å²) >= 11 is 0. The molecule has 0 aliphatic heterocycles. The molecule has 2 N–H and O–H groups in total. The highest BCUT2D eigenvalue weighted by Crippen LogP contribution is 2.26. The Balaban J connectivity index is 2.15. The van der Waals surface area contributed by atoms with Crippen molar-refractivity contribution < 1.29 is 4.74 Å². The summed E-state index contributed by atoms with van der Waals surface area (Å²) in [4.78, 5) is 8.95. The summed E-state index contributed by atoms with van der Waals surface area (Å²) in [6.45, 7) is 0. The van der Waals surface area contributed by atoms with E-state index in [1.807, 2.05) is 48.5 Å². The van der Waals surface area contributed by atoms with Crippen LogP contribution < -0.4 is 10.5 Å². The maximum absolute atomic E-state index is 5.98. The van der Waals surface area contributed by atoms with Gasteiger partial charge in [-0.25, -0.2) is 9.97 Å². The Kier molecular flexibility index (Phi) is 2.76. The smallest absolute Gasteiger partial charge is 0.150 e. The number of aromatic nitrogens is 2. The summed E-state index contributed by atoms with van der Waals surface area (Å²) in [5.41, 5.74) is 9.25. The average Bonchev–Trinajstić information content (AvgIpc) is 2.47. The number of benzene rings is 2. The number of rotatable bonds is 2. The zero-order chi connectivity index (χ0) is 13.2. The summed E-state index contributed by atoms with van der Waals surface area (Å²) in [5, 5.41) is 0. The highest BCUT2D eigenvalue weighted by Gasteiger charge is 2.08. The standard InChI is InChI=1S/C15H13N3O/c1-19-11-8-6-10(7-9-11)14-15(16)18-13-5-3-2-4-12(13)17-14/h2-9H,1H3,(H2,16,18). The maximum atomic E-state index is 5.98. The zero-order valence-corrected chi connectivity index (χ0v) is 10.5. The molecule has 0 amide bonds. The summed E-state index contributed by atoms with van der Waals surface area (Å²) < 4.78 is 5.14. The van der Waals surface area contributed by atoms with Gasteiger partial charge in [0.05, 0.1) is 18.1 Å². The first-order chi connectivity index (χ1) is 9.28. The van der Waals surface area contributed by atoms with Gasteiger partial charge < -0.3 is 10.5 Å². The molecule has 4 nitrogen and oxygen atoms in total. The second kappa shape index (κ2) is 4.57. The van der Waals surface area contributed by atoms with Crippen LogP contribution in [-0.4, -0.2) is 17.1 Å². The average molecular weight is 251 g/mol. The Morgan fingerprint density at radius 2 is 1.53 bits per heavy atom. The monoisotopic (exact) mass is 251 g/mol. The molecule has 0 fully saturated rings. The Morgan fingerprint density at radius 3 is 2.16 bits per heavy atom. The molecule has 1 heterocycles. The number of anilines is 1. The van der Waals surface area contributed by atoms with Gasteiger partial charge in [0.2, 0.25) is 0 Å². The van der Waals surface area contributed by atoms with Gasteiger partial charge in [0.15, 0.2) is 5.82 Å². The first-order valence-electron chi connectivity index (χ1n) is 5.94. The quantitative estimate of drug-likeness (QED) is 0.760. The largest absolute Gasteiger partial charge is 0.497 e. The van der Waals surface area contributed by atoms with E-state index in [2.05, 4.69) is 9.97 Å². The van der Waals surface area contributed by atoms with Crippen molar-refractivity contribution in [1.29, 1.82) is 0 Å². The van der Waals surface area contributed by atoms with Crippen LogP contribution in [0.5, 0.6) is 5.75 Å². The molecule has 19 heavy (non-hydrogen) atoms. The van der Waals surface area contributed by atoms with Crippen LogP contribution in [0.25, 0.3) is 22.3 Å². The van der Waals surface area contributed by atoms with Crippen LogP contribution in [0.15, 0.2) is 48.5 Å². The van der Waals surface area contributed by atoms with Crippen LogP contribution >= 0.6 is 0 Å². The molecule has 0 saturated carbocycles. The Bertz CT molecular complexity index is 723. The number of nitrogens with zero attached hydrogens (tertiary/aromatic N) is 2. The molecule has 0 radical (unpaired) electrons. The van der Waals surface area contributed by atoms with Crippen LogP contribution in [0, 0.1) is 0 Å². The van der Waals surface area contributed by atoms with Crippen LogP contribution in [0.2, 0.25) is 0 Å². The number of hydrogen-bond acceptors (Lipinski definition) is 4. The zero-order valence-electron chi connectivity index (χ0n) is 10.5. The van der Waals surface area contributed by atoms with E-state index >= 15 is 0 Å². The highest BCUT2D eigenvalue weighted by molar-refractivity contribution is 5.82. The summed E-state index contributed by atoms with van der Waals surface area (Å²) in [7, 11) is 1.64. The molecule has 0 spiro atoms. The number of hydrogen-bond donors (Lipinski definition) is 1. The van der Waals surface area contributed by atoms with Crippen molar-refractivity contribution in [3.63, 3.8) is 0 Å². The van der Waals surface area contributed by atoms with E-state index in [0.29, 0.717) is 11.5 Å². The van der Waals surface area contributed by atoms with E-state index in [0.717, 1.165) is 22.3 Å². The fourth-order valence-corrected chi connectivity index (χ4v) is 1.98. The molecule has 0 bridgehead atoms. The van der Waals surface area contributed by atoms with Crippen LogP contribution in [0.1, 0.15) is 0 Å². The van der Waals surface area contributed by atoms with Crippen molar-refractivity contribution in [3.05, 3.63) is 48.5 Å². The van der Waals surface area contributed by atoms with Gasteiger partial charge in [-0.05, 0) is 36.4 Å². The second-order valence-electron chi connectivity index (χ2n) is 4.17. The minimum atomic E-state index is 0.434. The third-order valence-electron chi connectivity index (χ3n) is 2.96. The van der Waals surface area contributed by atoms with Gasteiger partial charge in [-0.1, -0.05) is 12.1 Å². The van der Waals surface area contributed by atoms with Gasteiger partial charge in [-0.3, -0.25) is 0 Å². The number of fused-ring (bicyclic) bond motifs is 1. The first kappa shape index (κ1) is 11.5. The van der Waals surface area contributed by atoms with E-state index in [1.54, 1.807) is 7.11 Å². The second-order valence-corrected chi connectivity index (χ2v) is 4.17. The van der Waals surface area contributed by atoms with Crippen molar-refractivity contribution in [3.8, 4) is 17.0 Å². The van der Waals surface area contributed by atoms with E-state index < -0.39 is 0 Å². The minimum Gasteiger partial charge on any atom is -0.497 e. The van der Waals surface area contributed by atoms with Crippen molar-refractivity contribution in [2.24, 2.45) is 0 Å². The third kappa shape index (κ3) is 2.08. The highest BCUT2D eigenvalue weighted by atomic mass is 16.5. The van der Waals surface area contributed by atoms with E-state index in [1.165, 1.54) is 0 Å². The molecule has 0 saturated heterocycles. The normalized spacial score (nSPS) is 10.6. The minimum absolute atomic E-state index is 0.434. The SMILES string of the molecule is COc1ccc(-c2nc3ccccc3nc2N)cc1. The Hall–Kier alpha value is -2.62. The summed E-state index contributed by atoms with van der Waals surface area (Å²) in [6, 6.07) is 15.3. The molecular formula is C15H13N3O. The summed E-state index contributed by atoms with van der Waals surface area (Å²) in [6.07, 6.45) is 0. The third-order valence-corrected chi connectivity index (χ3v) is 2.96. The maximum Gasteiger partial charge on any atom is 0.150 e. The topological polar surface area (TPSA) is 61.0 Å². The Labute approximate surface area is 110 Å². The predicted molar refractivity (Wildman–Crippen MR) is 75.9 cm³/mol. The van der Waals surface area contributed by atoms with Crippen LogP contribution in [0.3, 0.4) is 0 Å². The van der Waals surface area contributed by atoms with Crippen molar-refractivity contribution >= 4 is 16.9 Å². The van der Waals surface area contributed by atoms with Crippen molar-refractivity contribution in [2.75, 3.05) is 12.8 Å². The predicted octanol–water partition coefficient (Wildman–Crippen LogP) is 2.89. The molecule has 2 aromatic carbocycles. The lowest BCUT2D eigenvalue weighted by Crippen LogP contribution is -1.98. The number of nitrogens with two attached hydrogens (primary N) is 1. The van der Waals surface area contributed by atoms with Gasteiger partial charge >= 0.3 is 0 Å². The lowest BCUT2D eigenvalue weighted by Gasteiger charge is -2.07. The van der Waals surface area contributed by atoms with Crippen LogP contribution in [0.4, 0.5) is 5.82 Å². The van der Waals surface area contributed by atoms with Crippen LogP contribution in [-0.2, 0) is 0 Å². The van der Waals surface area contributed by atoms with Gasteiger partial charge in [0, 0.05) is 5.56 Å². The molecular weight excluding hydrogens is 238 g/mol. The van der Waals surface area contributed by atoms with E-state index in [9.17, 15) is 0 Å². The van der Waals surface area contributed by atoms with Gasteiger partial charge in [-0.15, -0.1) is 0 Å². The lowest BCUT2D eigenvalue weighted by atomic mass is 10.1. The molecule has 0 atom stereocenters. The molecule has 0 aliphatic rings. The van der Waals surface area contributed by atoms with Gasteiger partial charge in [0.1, 0.15) is 11.4 Å². The van der Waals surface area contributed by atoms with Gasteiger partial charge in [0.25, 0.3) is 0 Å².